The monoisotopic (exact) mass is 262 g/mol. The average molecular weight is 263 g/mol. The summed E-state index contributed by atoms with van der Waals surface area (Å²) in [6, 6.07) is 5.36. The van der Waals surface area contributed by atoms with Crippen LogP contribution < -0.4 is 0 Å². The first-order valence-corrected chi connectivity index (χ1v) is 5.16. The number of esters is 1. The zero-order valence-electron chi connectivity index (χ0n) is 8.02. The molecule has 0 unspecified atom stereocenters. The van der Waals surface area contributed by atoms with Crippen LogP contribution >= 0.6 is 23.2 Å². The minimum Gasteiger partial charge on any atom is -0.478 e. The van der Waals surface area contributed by atoms with E-state index in [0.717, 1.165) is 0 Å². The van der Waals surface area contributed by atoms with Crippen LogP contribution in [0.5, 0.6) is 0 Å². The highest BCUT2D eigenvalue weighted by Crippen LogP contribution is 2.08. The topological polar surface area (TPSA) is 63.6 Å². The summed E-state index contributed by atoms with van der Waals surface area (Å²) in [5, 5.41) is 8.64. The summed E-state index contributed by atoms with van der Waals surface area (Å²) in [7, 11) is 0. The number of aromatic carboxylic acids is 1. The van der Waals surface area contributed by atoms with Gasteiger partial charge in [0.15, 0.2) is 0 Å². The van der Waals surface area contributed by atoms with Gasteiger partial charge in [-0.3, -0.25) is 0 Å². The number of halogens is 2. The molecule has 0 atom stereocenters. The Labute approximate surface area is 102 Å². The molecule has 0 bridgehead atoms. The third-order valence-electron chi connectivity index (χ3n) is 1.71. The number of carboxylic acids is 1. The van der Waals surface area contributed by atoms with Gasteiger partial charge in [-0.1, -0.05) is 0 Å². The molecule has 0 saturated carbocycles. The zero-order valence-corrected chi connectivity index (χ0v) is 9.53. The van der Waals surface area contributed by atoms with Crippen molar-refractivity contribution in [3.05, 3.63) is 35.4 Å². The fourth-order valence-electron chi connectivity index (χ4n) is 0.971. The number of benzene rings is 1. The Bertz CT molecular complexity index is 386. The highest BCUT2D eigenvalue weighted by atomic mass is 35.5. The van der Waals surface area contributed by atoms with Gasteiger partial charge in [0.25, 0.3) is 0 Å². The van der Waals surface area contributed by atoms with E-state index < -0.39 is 16.8 Å². The Hall–Kier alpha value is -1.26. The average Bonchev–Trinajstić information content (AvgIpc) is 2.26. The van der Waals surface area contributed by atoms with Crippen molar-refractivity contribution in [1.82, 2.24) is 0 Å². The first kappa shape index (κ1) is 12.8. The van der Waals surface area contributed by atoms with E-state index in [4.69, 9.17) is 33.0 Å². The van der Waals surface area contributed by atoms with Gasteiger partial charge >= 0.3 is 11.9 Å². The molecule has 0 spiro atoms. The van der Waals surface area contributed by atoms with Crippen LogP contribution in [0, 0.1) is 0 Å². The summed E-state index contributed by atoms with van der Waals surface area (Å²) in [6.07, 6.45) is 0. The van der Waals surface area contributed by atoms with E-state index in [1.54, 1.807) is 0 Å². The molecular weight excluding hydrogens is 255 g/mol. The predicted octanol–water partition coefficient (Wildman–Crippen LogP) is 2.35. The Morgan fingerprint density at radius 3 is 2.12 bits per heavy atom. The van der Waals surface area contributed by atoms with E-state index in [9.17, 15) is 9.59 Å². The van der Waals surface area contributed by atoms with E-state index in [2.05, 4.69) is 0 Å². The van der Waals surface area contributed by atoms with Crippen molar-refractivity contribution in [2.45, 2.75) is 4.84 Å². The summed E-state index contributed by atoms with van der Waals surface area (Å²) in [6.45, 7) is -0.109. The van der Waals surface area contributed by atoms with Crippen molar-refractivity contribution in [3.8, 4) is 0 Å². The van der Waals surface area contributed by atoms with Gasteiger partial charge in [-0.05, 0) is 24.3 Å². The van der Waals surface area contributed by atoms with Crippen molar-refractivity contribution in [2.75, 3.05) is 6.61 Å². The molecule has 86 valence electrons. The third kappa shape index (κ3) is 3.72. The minimum atomic E-state index is -1.05. The van der Waals surface area contributed by atoms with E-state index in [-0.39, 0.29) is 17.7 Å². The molecule has 1 aromatic rings. The summed E-state index contributed by atoms with van der Waals surface area (Å²) < 4.78 is 4.74. The van der Waals surface area contributed by atoms with Crippen molar-refractivity contribution < 1.29 is 19.4 Å². The largest absolute Gasteiger partial charge is 0.478 e. The van der Waals surface area contributed by atoms with E-state index in [1.807, 2.05) is 0 Å². The number of hydrogen-bond donors (Lipinski definition) is 1. The molecule has 0 aliphatic rings. The van der Waals surface area contributed by atoms with Crippen LogP contribution in [-0.2, 0) is 4.74 Å². The summed E-state index contributed by atoms with van der Waals surface area (Å²) in [5.74, 6) is -1.65. The maximum absolute atomic E-state index is 11.3. The number of alkyl halides is 2. The first-order valence-electron chi connectivity index (χ1n) is 4.29. The van der Waals surface area contributed by atoms with Crippen molar-refractivity contribution >= 4 is 35.1 Å². The molecule has 1 aromatic carbocycles. The summed E-state index contributed by atoms with van der Waals surface area (Å²) >= 11 is 10.8. The lowest BCUT2D eigenvalue weighted by atomic mass is 10.1. The highest BCUT2D eigenvalue weighted by molar-refractivity contribution is 6.44. The highest BCUT2D eigenvalue weighted by Gasteiger charge is 2.10. The van der Waals surface area contributed by atoms with Gasteiger partial charge in [0.05, 0.1) is 11.1 Å². The molecular formula is C10H8Cl2O4. The van der Waals surface area contributed by atoms with Gasteiger partial charge in [0.1, 0.15) is 11.4 Å². The number of rotatable bonds is 4. The molecule has 1 N–H and O–H groups in total. The predicted molar refractivity (Wildman–Crippen MR) is 59.2 cm³/mol. The molecule has 0 heterocycles. The number of carbonyl (C=O) groups excluding carboxylic acids is 1. The Balaban J connectivity index is 2.67. The molecule has 1 rings (SSSR count). The number of ether oxygens (including phenoxy) is 1. The number of carboxylic acid groups (broad SMARTS) is 1. The normalized spacial score (nSPS) is 10.2. The summed E-state index contributed by atoms with van der Waals surface area (Å²) in [4.78, 5) is 21.1. The number of hydrogen-bond acceptors (Lipinski definition) is 3. The van der Waals surface area contributed by atoms with Crippen LogP contribution in [0.25, 0.3) is 0 Å². The summed E-state index contributed by atoms with van der Waals surface area (Å²) in [5.41, 5.74) is 0.350. The molecule has 0 amide bonds. The Kier molecular flexibility index (Phi) is 4.58. The lowest BCUT2D eigenvalue weighted by Gasteiger charge is -2.04. The fourth-order valence-corrected chi connectivity index (χ4v) is 1.10. The Morgan fingerprint density at radius 1 is 1.19 bits per heavy atom. The van der Waals surface area contributed by atoms with E-state index >= 15 is 0 Å². The molecule has 0 radical (unpaired) electrons. The maximum Gasteiger partial charge on any atom is 0.338 e. The molecule has 16 heavy (non-hydrogen) atoms. The minimum absolute atomic E-state index is 0.101. The molecule has 6 heteroatoms. The van der Waals surface area contributed by atoms with Gasteiger partial charge < -0.3 is 9.84 Å². The van der Waals surface area contributed by atoms with Gasteiger partial charge in [-0.15, -0.1) is 23.2 Å². The van der Waals surface area contributed by atoms with Crippen LogP contribution in [0.4, 0.5) is 0 Å². The molecule has 4 nitrogen and oxygen atoms in total. The second-order valence-electron chi connectivity index (χ2n) is 2.87. The van der Waals surface area contributed by atoms with Crippen molar-refractivity contribution in [2.24, 2.45) is 0 Å². The van der Waals surface area contributed by atoms with Gasteiger partial charge in [-0.2, -0.15) is 0 Å². The van der Waals surface area contributed by atoms with Crippen LogP contribution in [0.2, 0.25) is 0 Å². The zero-order chi connectivity index (χ0) is 12.1. The second kappa shape index (κ2) is 5.72. The standard InChI is InChI=1S/C10H8Cl2O4/c11-8(12)5-16-10(15)7-3-1-6(2-4-7)9(13)14/h1-4,8H,5H2,(H,13,14). The molecule has 0 saturated heterocycles. The quantitative estimate of drug-likeness (QED) is 0.669. The SMILES string of the molecule is O=C(O)c1ccc(C(=O)OCC(Cl)Cl)cc1. The molecule has 0 fully saturated rings. The van der Waals surface area contributed by atoms with Crippen molar-refractivity contribution in [1.29, 1.82) is 0 Å². The van der Waals surface area contributed by atoms with Gasteiger partial charge in [0.2, 0.25) is 0 Å². The van der Waals surface area contributed by atoms with E-state index in [1.165, 1.54) is 24.3 Å². The first-order chi connectivity index (χ1) is 7.50. The smallest absolute Gasteiger partial charge is 0.338 e. The van der Waals surface area contributed by atoms with Crippen LogP contribution in [0.1, 0.15) is 20.7 Å². The fraction of sp³-hybridized carbons (Fsp3) is 0.200. The molecule has 0 aromatic heterocycles. The number of carbonyl (C=O) groups is 2. The van der Waals surface area contributed by atoms with Crippen molar-refractivity contribution in [3.63, 3.8) is 0 Å². The van der Waals surface area contributed by atoms with Crippen LogP contribution in [0.3, 0.4) is 0 Å². The lowest BCUT2D eigenvalue weighted by molar-refractivity contribution is 0.0520. The van der Waals surface area contributed by atoms with Gasteiger partial charge in [0, 0.05) is 0 Å². The second-order valence-corrected chi connectivity index (χ2v) is 4.15. The van der Waals surface area contributed by atoms with Crippen LogP contribution in [-0.4, -0.2) is 28.5 Å². The lowest BCUT2D eigenvalue weighted by Crippen LogP contribution is -2.10. The van der Waals surface area contributed by atoms with Gasteiger partial charge in [-0.25, -0.2) is 9.59 Å². The molecule has 0 aliphatic heterocycles. The van der Waals surface area contributed by atoms with Crippen LogP contribution in [0.15, 0.2) is 24.3 Å². The third-order valence-corrected chi connectivity index (χ3v) is 1.96. The van der Waals surface area contributed by atoms with E-state index in [0.29, 0.717) is 0 Å². The molecule has 0 aliphatic carbocycles. The Morgan fingerprint density at radius 2 is 1.69 bits per heavy atom. The maximum atomic E-state index is 11.3.